The van der Waals surface area contributed by atoms with Crippen LogP contribution in [-0.2, 0) is 14.8 Å². The number of sulfonamides is 1. The van der Waals surface area contributed by atoms with Crippen molar-refractivity contribution in [2.24, 2.45) is 0 Å². The summed E-state index contributed by atoms with van der Waals surface area (Å²) >= 11 is 5.79. The monoisotopic (exact) mass is 330 g/mol. The second kappa shape index (κ2) is 7.41. The molecule has 0 aliphatic carbocycles. The lowest BCUT2D eigenvalue weighted by Gasteiger charge is -2.15. The summed E-state index contributed by atoms with van der Waals surface area (Å²) in [5.41, 5.74) is -0.203. The normalized spacial score (nSPS) is 12.6. The number of aliphatic carboxylic acids is 1. The first-order valence-corrected chi connectivity index (χ1v) is 8.13. The minimum atomic E-state index is -4.14. The molecule has 0 bridgehead atoms. The molecule has 0 radical (unpaired) electrons. The van der Waals surface area contributed by atoms with Crippen molar-refractivity contribution >= 4 is 27.6 Å². The second-order valence-corrected chi connectivity index (χ2v) is 6.47. The van der Waals surface area contributed by atoms with Gasteiger partial charge in [-0.2, -0.15) is 9.98 Å². The van der Waals surface area contributed by atoms with Gasteiger partial charge in [0.25, 0.3) is 0 Å². The van der Waals surface area contributed by atoms with Crippen LogP contribution in [0.1, 0.15) is 31.7 Å². The predicted octanol–water partition coefficient (Wildman–Crippen LogP) is 2.13. The Kier molecular flexibility index (Phi) is 6.15. The highest BCUT2D eigenvalue weighted by Gasteiger charge is 2.27. The Balaban J connectivity index is 3.14. The maximum Gasteiger partial charge on any atom is 0.321 e. The van der Waals surface area contributed by atoms with Crippen molar-refractivity contribution in [1.29, 1.82) is 5.26 Å². The smallest absolute Gasteiger partial charge is 0.321 e. The molecule has 0 aromatic heterocycles. The number of benzene rings is 1. The number of nitrogens with zero attached hydrogens (tertiary/aromatic N) is 1. The van der Waals surface area contributed by atoms with Crippen molar-refractivity contribution < 1.29 is 18.3 Å². The SMILES string of the molecule is CCCC[C@H](NS(=O)(=O)c1cccc(Cl)c1C#N)C(=O)O. The van der Waals surface area contributed by atoms with Crippen molar-refractivity contribution in [2.45, 2.75) is 37.1 Å². The number of carbonyl (C=O) groups is 1. The molecule has 0 aliphatic rings. The topological polar surface area (TPSA) is 107 Å². The maximum absolute atomic E-state index is 12.3. The van der Waals surface area contributed by atoms with Crippen LogP contribution in [0.3, 0.4) is 0 Å². The van der Waals surface area contributed by atoms with Gasteiger partial charge in [0.15, 0.2) is 0 Å². The van der Waals surface area contributed by atoms with E-state index in [-0.39, 0.29) is 21.9 Å². The first kappa shape index (κ1) is 17.4. The molecule has 0 heterocycles. The molecule has 1 rings (SSSR count). The second-order valence-electron chi connectivity index (χ2n) is 4.38. The average Bonchev–Trinajstić information content (AvgIpc) is 2.42. The summed E-state index contributed by atoms with van der Waals surface area (Å²) in [5.74, 6) is -1.26. The first-order valence-electron chi connectivity index (χ1n) is 6.27. The van der Waals surface area contributed by atoms with Gasteiger partial charge in [-0.05, 0) is 18.6 Å². The maximum atomic E-state index is 12.3. The summed E-state index contributed by atoms with van der Waals surface area (Å²) in [5, 5.41) is 18.1. The summed E-state index contributed by atoms with van der Waals surface area (Å²) in [4.78, 5) is 10.8. The quantitative estimate of drug-likeness (QED) is 0.796. The zero-order valence-electron chi connectivity index (χ0n) is 11.3. The van der Waals surface area contributed by atoms with E-state index in [0.29, 0.717) is 6.42 Å². The van der Waals surface area contributed by atoms with Crippen molar-refractivity contribution in [3.05, 3.63) is 28.8 Å². The number of unbranched alkanes of at least 4 members (excludes halogenated alkanes) is 1. The van der Waals surface area contributed by atoms with Crippen molar-refractivity contribution in [2.75, 3.05) is 0 Å². The van der Waals surface area contributed by atoms with Gasteiger partial charge in [0.1, 0.15) is 17.0 Å². The number of carboxylic acids is 1. The van der Waals surface area contributed by atoms with Crippen molar-refractivity contribution in [1.82, 2.24) is 4.72 Å². The molecule has 0 saturated carbocycles. The molecule has 114 valence electrons. The molecule has 0 amide bonds. The number of nitrogens with one attached hydrogen (secondary N) is 1. The Hall–Kier alpha value is -1.62. The van der Waals surface area contributed by atoms with Gasteiger partial charge in [0.2, 0.25) is 10.0 Å². The molecule has 0 spiro atoms. The molecule has 1 aromatic rings. The molecule has 0 aliphatic heterocycles. The van der Waals surface area contributed by atoms with Crippen LogP contribution in [0.4, 0.5) is 0 Å². The zero-order valence-corrected chi connectivity index (χ0v) is 12.9. The Morgan fingerprint density at radius 2 is 2.19 bits per heavy atom. The fraction of sp³-hybridized carbons (Fsp3) is 0.385. The third-order valence-corrected chi connectivity index (χ3v) is 4.65. The van der Waals surface area contributed by atoms with Crippen LogP contribution in [-0.4, -0.2) is 25.5 Å². The van der Waals surface area contributed by atoms with Crippen LogP contribution >= 0.6 is 11.6 Å². The molecule has 1 aromatic carbocycles. The lowest BCUT2D eigenvalue weighted by Crippen LogP contribution is -2.40. The summed E-state index contributed by atoms with van der Waals surface area (Å²) < 4.78 is 26.6. The Morgan fingerprint density at radius 1 is 1.52 bits per heavy atom. The number of rotatable bonds is 7. The molecule has 0 saturated heterocycles. The summed E-state index contributed by atoms with van der Waals surface area (Å²) in [6.07, 6.45) is 1.49. The highest BCUT2D eigenvalue weighted by atomic mass is 35.5. The number of hydrogen-bond donors (Lipinski definition) is 2. The minimum Gasteiger partial charge on any atom is -0.480 e. The van der Waals surface area contributed by atoms with Crippen molar-refractivity contribution in [3.63, 3.8) is 0 Å². The van der Waals surface area contributed by atoms with Gasteiger partial charge in [0, 0.05) is 0 Å². The van der Waals surface area contributed by atoms with E-state index < -0.39 is 22.0 Å². The van der Waals surface area contributed by atoms with Crippen LogP contribution in [0.2, 0.25) is 5.02 Å². The molecule has 6 nitrogen and oxygen atoms in total. The van der Waals surface area contributed by atoms with Gasteiger partial charge in [-0.25, -0.2) is 8.42 Å². The third-order valence-electron chi connectivity index (χ3n) is 2.82. The highest BCUT2D eigenvalue weighted by Crippen LogP contribution is 2.23. The van der Waals surface area contributed by atoms with Crippen LogP contribution in [0.15, 0.2) is 23.1 Å². The summed E-state index contributed by atoms with van der Waals surface area (Å²) in [6.45, 7) is 1.87. The summed E-state index contributed by atoms with van der Waals surface area (Å²) in [7, 11) is -4.14. The van der Waals surface area contributed by atoms with Crippen LogP contribution in [0.5, 0.6) is 0 Å². The lowest BCUT2D eigenvalue weighted by atomic mass is 10.1. The molecular weight excluding hydrogens is 316 g/mol. The van der Waals surface area contributed by atoms with Gasteiger partial charge in [-0.15, -0.1) is 0 Å². The largest absolute Gasteiger partial charge is 0.480 e. The van der Waals surface area contributed by atoms with E-state index in [1.165, 1.54) is 18.2 Å². The lowest BCUT2D eigenvalue weighted by molar-refractivity contribution is -0.139. The standard InChI is InChI=1S/C13H15ClN2O4S/c1-2-3-6-11(13(17)18)16-21(19,20)12-7-4-5-10(14)9(12)8-15/h4-5,7,11,16H,2-3,6H2,1H3,(H,17,18)/t11-/m0/s1. The Labute approximate surface area is 128 Å². The van der Waals surface area contributed by atoms with E-state index in [1.54, 1.807) is 6.07 Å². The number of hydrogen-bond acceptors (Lipinski definition) is 4. The molecular formula is C13H15ClN2O4S. The van der Waals surface area contributed by atoms with Gasteiger partial charge in [-0.1, -0.05) is 37.4 Å². The average molecular weight is 331 g/mol. The fourth-order valence-corrected chi connectivity index (χ4v) is 3.40. The molecule has 0 unspecified atom stereocenters. The molecule has 8 heteroatoms. The Morgan fingerprint density at radius 3 is 2.71 bits per heavy atom. The molecule has 21 heavy (non-hydrogen) atoms. The number of halogens is 1. The van der Waals surface area contributed by atoms with E-state index >= 15 is 0 Å². The van der Waals surface area contributed by atoms with Crippen LogP contribution in [0, 0.1) is 11.3 Å². The van der Waals surface area contributed by atoms with Gasteiger partial charge < -0.3 is 5.11 Å². The number of nitriles is 1. The van der Waals surface area contributed by atoms with Gasteiger partial charge in [-0.3, -0.25) is 4.79 Å². The van der Waals surface area contributed by atoms with Crippen LogP contribution < -0.4 is 4.72 Å². The first-order chi connectivity index (χ1) is 9.83. The molecule has 0 fully saturated rings. The fourth-order valence-electron chi connectivity index (χ4n) is 1.73. The molecule has 1 atom stereocenters. The Bertz CT molecular complexity index is 667. The highest BCUT2D eigenvalue weighted by molar-refractivity contribution is 7.89. The van der Waals surface area contributed by atoms with E-state index in [2.05, 4.69) is 4.72 Å². The van der Waals surface area contributed by atoms with Crippen LogP contribution in [0.25, 0.3) is 0 Å². The third kappa shape index (κ3) is 4.43. The minimum absolute atomic E-state index is 0.000748. The van der Waals surface area contributed by atoms with Gasteiger partial charge >= 0.3 is 5.97 Å². The zero-order chi connectivity index (χ0) is 16.0. The van der Waals surface area contributed by atoms with E-state index in [9.17, 15) is 13.2 Å². The van der Waals surface area contributed by atoms with E-state index in [4.69, 9.17) is 22.0 Å². The predicted molar refractivity (Wildman–Crippen MR) is 77.4 cm³/mol. The van der Waals surface area contributed by atoms with Crippen molar-refractivity contribution in [3.8, 4) is 6.07 Å². The van der Waals surface area contributed by atoms with Gasteiger partial charge in [0.05, 0.1) is 10.6 Å². The summed E-state index contributed by atoms with van der Waals surface area (Å²) in [6, 6.07) is 4.48. The van der Waals surface area contributed by atoms with E-state index in [1.807, 2.05) is 6.92 Å². The molecule has 2 N–H and O–H groups in total. The number of carboxylic acid groups (broad SMARTS) is 1. The van der Waals surface area contributed by atoms with E-state index in [0.717, 1.165) is 6.42 Å².